The molecule has 0 fully saturated rings. The number of aromatic nitrogens is 4. The number of rotatable bonds is 4. The third-order valence-corrected chi connectivity index (χ3v) is 2.52. The number of nitro groups is 1. The van der Waals surface area contributed by atoms with Gasteiger partial charge in [0.25, 0.3) is 0 Å². The van der Waals surface area contributed by atoms with Gasteiger partial charge < -0.3 is 5.32 Å². The predicted octanol–water partition coefficient (Wildman–Crippen LogP) is 1.96. The zero-order chi connectivity index (χ0) is 14.0. The second kappa shape index (κ2) is 5.19. The molecule has 0 aromatic carbocycles. The summed E-state index contributed by atoms with van der Waals surface area (Å²) >= 11 is 5.77. The topological polar surface area (TPSA) is 98.8 Å². The third kappa shape index (κ3) is 2.63. The summed E-state index contributed by atoms with van der Waals surface area (Å²) in [5.74, 6) is 0.396. The largest absolute Gasteiger partial charge is 0.354 e. The van der Waals surface area contributed by atoms with E-state index in [0.29, 0.717) is 17.5 Å². The standard InChI is InChI=1S/C10H11ClN6O2/c1-3-12-10-14-6(2)8(17(18)19)9(15-10)16-5-7(11)4-13-16/h4-5H,3H2,1-2H3,(H,12,14,15). The number of hydrogen-bond donors (Lipinski definition) is 1. The molecule has 100 valence electrons. The van der Waals surface area contributed by atoms with Crippen LogP contribution < -0.4 is 5.32 Å². The Kier molecular flexibility index (Phi) is 3.61. The minimum Gasteiger partial charge on any atom is -0.354 e. The van der Waals surface area contributed by atoms with Crippen molar-refractivity contribution in [1.29, 1.82) is 0 Å². The van der Waals surface area contributed by atoms with Gasteiger partial charge in [0.2, 0.25) is 11.8 Å². The van der Waals surface area contributed by atoms with Crippen molar-refractivity contribution in [2.45, 2.75) is 13.8 Å². The fourth-order valence-electron chi connectivity index (χ4n) is 1.58. The molecule has 0 aliphatic carbocycles. The Labute approximate surface area is 113 Å². The molecule has 0 aliphatic rings. The average Bonchev–Trinajstić information content (AvgIpc) is 2.75. The van der Waals surface area contributed by atoms with Gasteiger partial charge in [0.15, 0.2) is 0 Å². The molecule has 2 aromatic heterocycles. The van der Waals surface area contributed by atoms with Crippen LogP contribution in [0.2, 0.25) is 5.02 Å². The zero-order valence-corrected chi connectivity index (χ0v) is 11.0. The van der Waals surface area contributed by atoms with Crippen molar-refractivity contribution >= 4 is 23.2 Å². The number of aryl methyl sites for hydroxylation is 1. The lowest BCUT2D eigenvalue weighted by Gasteiger charge is -2.07. The first kappa shape index (κ1) is 13.2. The SMILES string of the molecule is CCNc1nc(C)c([N+](=O)[O-])c(-n2cc(Cl)cn2)n1. The maximum atomic E-state index is 11.1. The Bertz CT molecular complexity index is 626. The van der Waals surface area contributed by atoms with E-state index in [1.165, 1.54) is 17.1 Å². The van der Waals surface area contributed by atoms with Crippen LogP contribution in [-0.2, 0) is 0 Å². The normalized spacial score (nSPS) is 10.5. The van der Waals surface area contributed by atoms with Crippen LogP contribution in [0.4, 0.5) is 11.6 Å². The van der Waals surface area contributed by atoms with Gasteiger partial charge in [-0.3, -0.25) is 10.1 Å². The highest BCUT2D eigenvalue weighted by molar-refractivity contribution is 6.30. The highest BCUT2D eigenvalue weighted by atomic mass is 35.5. The summed E-state index contributed by atoms with van der Waals surface area (Å²) in [6.07, 6.45) is 2.84. The van der Waals surface area contributed by atoms with E-state index in [0.717, 1.165) is 0 Å². The molecule has 8 nitrogen and oxygen atoms in total. The molecular formula is C10H11ClN6O2. The summed E-state index contributed by atoms with van der Waals surface area (Å²) in [4.78, 5) is 18.7. The third-order valence-electron chi connectivity index (χ3n) is 2.33. The van der Waals surface area contributed by atoms with E-state index < -0.39 is 4.92 Å². The highest BCUT2D eigenvalue weighted by Crippen LogP contribution is 2.25. The van der Waals surface area contributed by atoms with Gasteiger partial charge in [-0.25, -0.2) is 9.67 Å². The van der Waals surface area contributed by atoms with Crippen LogP contribution in [0.5, 0.6) is 0 Å². The first-order valence-electron chi connectivity index (χ1n) is 5.50. The molecule has 9 heteroatoms. The van der Waals surface area contributed by atoms with Crippen molar-refractivity contribution in [3.05, 3.63) is 33.2 Å². The van der Waals surface area contributed by atoms with Gasteiger partial charge in [-0.15, -0.1) is 0 Å². The molecule has 1 N–H and O–H groups in total. The van der Waals surface area contributed by atoms with Crippen LogP contribution in [0.25, 0.3) is 5.82 Å². The lowest BCUT2D eigenvalue weighted by molar-refractivity contribution is -0.385. The Morgan fingerprint density at radius 1 is 1.53 bits per heavy atom. The van der Waals surface area contributed by atoms with Crippen LogP contribution in [0, 0.1) is 17.0 Å². The van der Waals surface area contributed by atoms with Gasteiger partial charge in [-0.1, -0.05) is 11.6 Å². The summed E-state index contributed by atoms with van der Waals surface area (Å²) in [7, 11) is 0. The molecule has 0 spiro atoms. The molecule has 2 rings (SSSR count). The number of anilines is 1. The molecule has 0 amide bonds. The Hall–Kier alpha value is -2.22. The number of hydrogen-bond acceptors (Lipinski definition) is 6. The van der Waals surface area contributed by atoms with E-state index in [4.69, 9.17) is 11.6 Å². The van der Waals surface area contributed by atoms with Crippen molar-refractivity contribution in [3.8, 4) is 5.82 Å². The number of nitrogens with zero attached hydrogens (tertiary/aromatic N) is 5. The second-order valence-electron chi connectivity index (χ2n) is 3.70. The fourth-order valence-corrected chi connectivity index (χ4v) is 1.72. The molecule has 0 aliphatic heterocycles. The van der Waals surface area contributed by atoms with Gasteiger partial charge >= 0.3 is 5.69 Å². The van der Waals surface area contributed by atoms with E-state index in [-0.39, 0.29) is 17.2 Å². The van der Waals surface area contributed by atoms with Crippen molar-refractivity contribution < 1.29 is 4.92 Å². The maximum absolute atomic E-state index is 11.1. The van der Waals surface area contributed by atoms with Crippen LogP contribution >= 0.6 is 11.6 Å². The first-order valence-corrected chi connectivity index (χ1v) is 5.88. The van der Waals surface area contributed by atoms with Crippen LogP contribution in [-0.4, -0.2) is 31.2 Å². The minimum atomic E-state index is -0.532. The Morgan fingerprint density at radius 3 is 2.79 bits per heavy atom. The molecule has 0 atom stereocenters. The summed E-state index contributed by atoms with van der Waals surface area (Å²) < 4.78 is 1.26. The van der Waals surface area contributed by atoms with Gasteiger partial charge in [0.1, 0.15) is 5.69 Å². The number of nitrogens with one attached hydrogen (secondary N) is 1. The molecule has 19 heavy (non-hydrogen) atoms. The lowest BCUT2D eigenvalue weighted by Crippen LogP contribution is -2.11. The smallest absolute Gasteiger partial charge is 0.334 e. The Balaban J connectivity index is 2.64. The first-order chi connectivity index (χ1) is 9.02. The van der Waals surface area contributed by atoms with Crippen molar-refractivity contribution in [1.82, 2.24) is 19.7 Å². The van der Waals surface area contributed by atoms with Crippen molar-refractivity contribution in [2.75, 3.05) is 11.9 Å². The summed E-state index contributed by atoms with van der Waals surface area (Å²) in [5, 5.41) is 18.3. The monoisotopic (exact) mass is 282 g/mol. The van der Waals surface area contributed by atoms with Gasteiger partial charge in [0, 0.05) is 6.54 Å². The highest BCUT2D eigenvalue weighted by Gasteiger charge is 2.24. The van der Waals surface area contributed by atoms with E-state index in [1.54, 1.807) is 6.92 Å². The van der Waals surface area contributed by atoms with Gasteiger partial charge in [-0.2, -0.15) is 10.1 Å². The maximum Gasteiger partial charge on any atom is 0.334 e. The van der Waals surface area contributed by atoms with Gasteiger partial charge in [0.05, 0.1) is 22.3 Å². The number of halogens is 1. The lowest BCUT2D eigenvalue weighted by atomic mass is 10.3. The fraction of sp³-hybridized carbons (Fsp3) is 0.300. The molecule has 0 bridgehead atoms. The molecule has 0 saturated carbocycles. The predicted molar refractivity (Wildman–Crippen MR) is 69.7 cm³/mol. The minimum absolute atomic E-state index is 0.0837. The van der Waals surface area contributed by atoms with Crippen LogP contribution in [0.3, 0.4) is 0 Å². The molecule has 0 saturated heterocycles. The second-order valence-corrected chi connectivity index (χ2v) is 4.13. The van der Waals surface area contributed by atoms with Gasteiger partial charge in [-0.05, 0) is 13.8 Å². The van der Waals surface area contributed by atoms with E-state index >= 15 is 0 Å². The molecule has 2 aromatic rings. The summed E-state index contributed by atoms with van der Waals surface area (Å²) in [6, 6.07) is 0. The molecule has 0 radical (unpaired) electrons. The van der Waals surface area contributed by atoms with Crippen LogP contribution in [0.1, 0.15) is 12.6 Å². The zero-order valence-electron chi connectivity index (χ0n) is 10.3. The Morgan fingerprint density at radius 2 is 2.26 bits per heavy atom. The quantitative estimate of drug-likeness (QED) is 0.680. The van der Waals surface area contributed by atoms with Crippen LogP contribution in [0.15, 0.2) is 12.4 Å². The van der Waals surface area contributed by atoms with E-state index in [9.17, 15) is 10.1 Å². The van der Waals surface area contributed by atoms with E-state index in [2.05, 4.69) is 20.4 Å². The molecule has 0 unspecified atom stereocenters. The van der Waals surface area contributed by atoms with Crippen molar-refractivity contribution in [3.63, 3.8) is 0 Å². The molecular weight excluding hydrogens is 272 g/mol. The summed E-state index contributed by atoms with van der Waals surface area (Å²) in [6.45, 7) is 4.04. The van der Waals surface area contributed by atoms with E-state index in [1.807, 2.05) is 6.92 Å². The van der Waals surface area contributed by atoms with Crippen molar-refractivity contribution in [2.24, 2.45) is 0 Å². The summed E-state index contributed by atoms with van der Waals surface area (Å²) in [5.41, 5.74) is 0.0685. The molecule has 2 heterocycles. The average molecular weight is 283 g/mol.